The smallest absolute Gasteiger partial charge is 0.201 e. The fraction of sp³-hybridized carbons (Fsp3) is 0.500. The zero-order valence-electron chi connectivity index (χ0n) is 10.3. The van der Waals surface area contributed by atoms with Gasteiger partial charge in [0.05, 0.1) is 11.0 Å². The molecule has 1 aliphatic rings. The average Bonchev–Trinajstić information content (AvgIpc) is 2.81. The number of benzene rings is 1. The summed E-state index contributed by atoms with van der Waals surface area (Å²) in [6, 6.07) is 8.10. The highest BCUT2D eigenvalue weighted by Gasteiger charge is 2.19. The molecule has 0 aliphatic heterocycles. The number of alkyl halides is 1. The van der Waals surface area contributed by atoms with Crippen molar-refractivity contribution in [3.63, 3.8) is 0 Å². The van der Waals surface area contributed by atoms with E-state index < -0.39 is 0 Å². The summed E-state index contributed by atoms with van der Waals surface area (Å²) in [7, 11) is 0. The van der Waals surface area contributed by atoms with Crippen LogP contribution in [0.15, 0.2) is 24.3 Å². The second kappa shape index (κ2) is 5.19. The van der Waals surface area contributed by atoms with Crippen molar-refractivity contribution in [1.29, 1.82) is 0 Å². The Labute approximate surface area is 112 Å². The number of fused-ring (bicyclic) bond motifs is 1. The Kier molecular flexibility index (Phi) is 3.41. The van der Waals surface area contributed by atoms with Crippen molar-refractivity contribution in [2.45, 2.75) is 31.1 Å². The first-order valence-corrected chi connectivity index (χ1v) is 7.07. The molecule has 0 saturated heterocycles. The third-order valence-corrected chi connectivity index (χ3v) is 4.16. The van der Waals surface area contributed by atoms with Crippen molar-refractivity contribution in [2.24, 2.45) is 5.92 Å². The highest BCUT2D eigenvalue weighted by molar-refractivity contribution is 6.20. The van der Waals surface area contributed by atoms with Gasteiger partial charge >= 0.3 is 0 Å². The van der Waals surface area contributed by atoms with Crippen molar-refractivity contribution in [3.8, 4) is 0 Å². The molecule has 0 bridgehead atoms. The summed E-state index contributed by atoms with van der Waals surface area (Å²) in [6.07, 6.45) is 4.74. The van der Waals surface area contributed by atoms with E-state index in [-0.39, 0.29) is 0 Å². The monoisotopic (exact) mass is 263 g/mol. The molecule has 1 aromatic carbocycles. The van der Waals surface area contributed by atoms with Gasteiger partial charge in [0.1, 0.15) is 0 Å². The number of hydrogen-bond donors (Lipinski definition) is 2. The van der Waals surface area contributed by atoms with Crippen LogP contribution < -0.4 is 5.32 Å². The van der Waals surface area contributed by atoms with Crippen LogP contribution in [-0.4, -0.2) is 21.9 Å². The number of rotatable bonds is 3. The lowest BCUT2D eigenvalue weighted by Gasteiger charge is -2.24. The van der Waals surface area contributed by atoms with Crippen LogP contribution >= 0.6 is 11.6 Å². The zero-order valence-corrected chi connectivity index (χ0v) is 11.1. The van der Waals surface area contributed by atoms with Crippen LogP contribution in [0.4, 0.5) is 5.95 Å². The number of H-pyrrole nitrogens is 1. The van der Waals surface area contributed by atoms with E-state index >= 15 is 0 Å². The first-order valence-electron chi connectivity index (χ1n) is 6.64. The van der Waals surface area contributed by atoms with Crippen molar-refractivity contribution in [2.75, 3.05) is 11.9 Å². The Bertz CT molecular complexity index is 481. The SMILES string of the molecule is ClC1CCC(CNc2nc3ccccc3[nH]2)CC1. The second-order valence-electron chi connectivity index (χ2n) is 5.10. The van der Waals surface area contributed by atoms with Gasteiger partial charge in [0, 0.05) is 11.9 Å². The third kappa shape index (κ3) is 2.61. The highest BCUT2D eigenvalue weighted by Crippen LogP contribution is 2.27. The Hall–Kier alpha value is -1.22. The van der Waals surface area contributed by atoms with Crippen LogP contribution in [0.1, 0.15) is 25.7 Å². The van der Waals surface area contributed by atoms with Crippen LogP contribution in [-0.2, 0) is 0 Å². The molecular formula is C14H18ClN3. The third-order valence-electron chi connectivity index (χ3n) is 3.72. The maximum Gasteiger partial charge on any atom is 0.201 e. The van der Waals surface area contributed by atoms with Gasteiger partial charge in [-0.05, 0) is 43.7 Å². The normalized spacial score (nSPS) is 24.3. The summed E-state index contributed by atoms with van der Waals surface area (Å²) >= 11 is 6.11. The van der Waals surface area contributed by atoms with Gasteiger partial charge < -0.3 is 10.3 Å². The number of nitrogens with one attached hydrogen (secondary N) is 2. The molecule has 1 heterocycles. The molecule has 0 radical (unpaired) electrons. The van der Waals surface area contributed by atoms with Gasteiger partial charge in [0.15, 0.2) is 0 Å². The fourth-order valence-corrected chi connectivity index (χ4v) is 2.86. The molecule has 1 aliphatic carbocycles. The number of anilines is 1. The Morgan fingerprint density at radius 3 is 2.78 bits per heavy atom. The molecule has 0 atom stereocenters. The quantitative estimate of drug-likeness (QED) is 0.828. The molecule has 2 N–H and O–H groups in total. The molecule has 1 saturated carbocycles. The number of imidazole rings is 1. The van der Waals surface area contributed by atoms with Crippen LogP contribution in [0.3, 0.4) is 0 Å². The van der Waals surface area contributed by atoms with Crippen LogP contribution in [0.25, 0.3) is 11.0 Å². The zero-order chi connectivity index (χ0) is 12.4. The molecule has 3 nitrogen and oxygen atoms in total. The number of para-hydroxylation sites is 2. The van der Waals surface area contributed by atoms with E-state index in [1.54, 1.807) is 0 Å². The topological polar surface area (TPSA) is 40.7 Å². The van der Waals surface area contributed by atoms with E-state index in [9.17, 15) is 0 Å². The molecule has 0 amide bonds. The predicted molar refractivity (Wildman–Crippen MR) is 76.2 cm³/mol. The minimum Gasteiger partial charge on any atom is -0.356 e. The molecule has 1 aromatic heterocycles. The van der Waals surface area contributed by atoms with Crippen LogP contribution in [0.2, 0.25) is 0 Å². The fourth-order valence-electron chi connectivity index (χ4n) is 2.60. The number of halogens is 1. The molecule has 96 valence electrons. The van der Waals surface area contributed by atoms with Crippen molar-refractivity contribution >= 4 is 28.6 Å². The number of aromatic nitrogens is 2. The highest BCUT2D eigenvalue weighted by atomic mass is 35.5. The molecule has 0 unspecified atom stereocenters. The maximum atomic E-state index is 6.11. The minimum absolute atomic E-state index is 0.396. The van der Waals surface area contributed by atoms with Crippen molar-refractivity contribution < 1.29 is 0 Å². The first kappa shape index (κ1) is 11.8. The summed E-state index contributed by atoms with van der Waals surface area (Å²) in [5.74, 6) is 1.61. The lowest BCUT2D eigenvalue weighted by atomic mass is 9.89. The summed E-state index contributed by atoms with van der Waals surface area (Å²) in [6.45, 7) is 0.990. The van der Waals surface area contributed by atoms with Gasteiger partial charge in [0.25, 0.3) is 0 Å². The minimum atomic E-state index is 0.396. The summed E-state index contributed by atoms with van der Waals surface area (Å²) in [5, 5.41) is 3.80. The lowest BCUT2D eigenvalue weighted by molar-refractivity contribution is 0.377. The van der Waals surface area contributed by atoms with Gasteiger partial charge in [-0.3, -0.25) is 0 Å². The summed E-state index contributed by atoms with van der Waals surface area (Å²) in [4.78, 5) is 7.81. The number of nitrogens with zero attached hydrogens (tertiary/aromatic N) is 1. The van der Waals surface area contributed by atoms with Gasteiger partial charge in [-0.15, -0.1) is 11.6 Å². The maximum absolute atomic E-state index is 6.11. The molecule has 2 aromatic rings. The number of hydrogen-bond acceptors (Lipinski definition) is 2. The second-order valence-corrected chi connectivity index (χ2v) is 5.72. The number of aromatic amines is 1. The Morgan fingerprint density at radius 1 is 1.22 bits per heavy atom. The molecule has 18 heavy (non-hydrogen) atoms. The van der Waals surface area contributed by atoms with E-state index in [1.165, 1.54) is 12.8 Å². The van der Waals surface area contributed by atoms with Gasteiger partial charge in [-0.25, -0.2) is 4.98 Å². The largest absolute Gasteiger partial charge is 0.356 e. The van der Waals surface area contributed by atoms with Gasteiger partial charge in [-0.2, -0.15) is 0 Å². The molecule has 3 rings (SSSR count). The van der Waals surface area contributed by atoms with Gasteiger partial charge in [-0.1, -0.05) is 12.1 Å². The predicted octanol–water partition coefficient (Wildman–Crippen LogP) is 3.77. The Morgan fingerprint density at radius 2 is 2.00 bits per heavy atom. The molecule has 4 heteroatoms. The lowest BCUT2D eigenvalue weighted by Crippen LogP contribution is -2.21. The van der Waals surface area contributed by atoms with E-state index in [0.29, 0.717) is 5.38 Å². The summed E-state index contributed by atoms with van der Waals surface area (Å²) < 4.78 is 0. The van der Waals surface area contributed by atoms with E-state index in [1.807, 2.05) is 24.3 Å². The average molecular weight is 264 g/mol. The first-order chi connectivity index (χ1) is 8.81. The molecule has 0 spiro atoms. The Balaban J connectivity index is 1.59. The van der Waals surface area contributed by atoms with Crippen molar-refractivity contribution in [3.05, 3.63) is 24.3 Å². The molecular weight excluding hydrogens is 246 g/mol. The van der Waals surface area contributed by atoms with E-state index in [2.05, 4.69) is 15.3 Å². The molecule has 1 fully saturated rings. The van der Waals surface area contributed by atoms with Crippen molar-refractivity contribution in [1.82, 2.24) is 9.97 Å². The van der Waals surface area contributed by atoms with E-state index in [0.717, 1.165) is 42.3 Å². The summed E-state index contributed by atoms with van der Waals surface area (Å²) in [5.41, 5.74) is 2.11. The van der Waals surface area contributed by atoms with Gasteiger partial charge in [0.2, 0.25) is 5.95 Å². The van der Waals surface area contributed by atoms with Crippen LogP contribution in [0.5, 0.6) is 0 Å². The standard InChI is InChI=1S/C14H18ClN3/c15-11-7-5-10(6-8-11)9-16-14-17-12-3-1-2-4-13(12)18-14/h1-4,10-11H,5-9H2,(H2,16,17,18). The van der Waals surface area contributed by atoms with Crippen LogP contribution in [0, 0.1) is 5.92 Å². The van der Waals surface area contributed by atoms with E-state index in [4.69, 9.17) is 11.6 Å².